The van der Waals surface area contributed by atoms with Crippen molar-refractivity contribution < 1.29 is 9.47 Å². The molecule has 0 spiro atoms. The van der Waals surface area contributed by atoms with Crippen molar-refractivity contribution in [2.45, 2.75) is 6.61 Å². The van der Waals surface area contributed by atoms with Crippen LogP contribution in [0.3, 0.4) is 0 Å². The van der Waals surface area contributed by atoms with Gasteiger partial charge in [-0.25, -0.2) is 0 Å². The molecular formula is C20H19N5O2. The summed E-state index contributed by atoms with van der Waals surface area (Å²) in [6.45, 7) is 0.349. The third kappa shape index (κ3) is 2.98. The second-order valence-corrected chi connectivity index (χ2v) is 6.02. The van der Waals surface area contributed by atoms with Gasteiger partial charge in [-0.15, -0.1) is 10.2 Å². The Labute approximate surface area is 156 Å². The van der Waals surface area contributed by atoms with Crippen molar-refractivity contribution in [1.82, 2.24) is 19.8 Å². The zero-order valence-electron chi connectivity index (χ0n) is 15.1. The molecule has 0 bridgehead atoms. The average molecular weight is 361 g/mol. The van der Waals surface area contributed by atoms with Crippen LogP contribution in [-0.4, -0.2) is 34.0 Å². The van der Waals surface area contributed by atoms with Gasteiger partial charge in [0.15, 0.2) is 11.5 Å². The van der Waals surface area contributed by atoms with E-state index in [1.807, 2.05) is 54.6 Å². The Hall–Kier alpha value is -3.45. The molecule has 0 unspecified atom stereocenters. The number of anilines is 1. The van der Waals surface area contributed by atoms with Gasteiger partial charge in [-0.05, 0) is 17.7 Å². The third-order valence-electron chi connectivity index (χ3n) is 4.34. The summed E-state index contributed by atoms with van der Waals surface area (Å²) in [5.41, 5.74) is 11.0. The van der Waals surface area contributed by atoms with Crippen molar-refractivity contribution in [3.05, 3.63) is 60.3 Å². The Balaban J connectivity index is 1.94. The number of hydrogen-bond donors (Lipinski definition) is 1. The molecule has 0 saturated carbocycles. The average Bonchev–Trinajstić information content (AvgIpc) is 3.08. The zero-order valence-corrected chi connectivity index (χ0v) is 15.1. The molecule has 0 radical (unpaired) electrons. The topological polar surface area (TPSA) is 87.6 Å². The van der Waals surface area contributed by atoms with Crippen LogP contribution in [-0.2, 0) is 11.3 Å². The van der Waals surface area contributed by atoms with Crippen molar-refractivity contribution in [3.8, 4) is 28.1 Å². The Kier molecular flexibility index (Phi) is 4.43. The fourth-order valence-electron chi connectivity index (χ4n) is 3.08. The number of aromatic nitrogens is 4. The van der Waals surface area contributed by atoms with Gasteiger partial charge in [0.25, 0.3) is 0 Å². The summed E-state index contributed by atoms with van der Waals surface area (Å²) in [7, 11) is 3.25. The Morgan fingerprint density at radius 3 is 2.48 bits per heavy atom. The number of hydrogen-bond acceptors (Lipinski definition) is 6. The van der Waals surface area contributed by atoms with E-state index in [0.29, 0.717) is 23.8 Å². The summed E-state index contributed by atoms with van der Waals surface area (Å²) in [6.07, 6.45) is 0. The van der Waals surface area contributed by atoms with Crippen LogP contribution < -0.4 is 10.5 Å². The molecule has 0 amide bonds. The second-order valence-electron chi connectivity index (χ2n) is 6.02. The quantitative estimate of drug-likeness (QED) is 0.587. The van der Waals surface area contributed by atoms with Gasteiger partial charge in [0, 0.05) is 12.7 Å². The highest BCUT2D eigenvalue weighted by Crippen LogP contribution is 2.32. The van der Waals surface area contributed by atoms with Gasteiger partial charge in [0.1, 0.15) is 11.4 Å². The number of fused-ring (bicyclic) bond motifs is 1. The first-order valence-electron chi connectivity index (χ1n) is 8.45. The molecule has 0 atom stereocenters. The standard InChI is InChI=1S/C20H19N5O2/c1-26-12-16-17(13-7-4-3-5-8-13)20-23-22-18(19(21)25(20)24-16)14-9-6-10-15(11-14)27-2/h3-11H,12,21H2,1-2H3. The molecule has 7 nitrogen and oxygen atoms in total. The molecule has 2 N–H and O–H groups in total. The number of nitrogens with two attached hydrogens (primary N) is 1. The highest BCUT2D eigenvalue weighted by atomic mass is 16.5. The van der Waals surface area contributed by atoms with Crippen molar-refractivity contribution >= 4 is 11.5 Å². The molecule has 4 rings (SSSR count). The van der Waals surface area contributed by atoms with E-state index in [1.54, 1.807) is 18.7 Å². The largest absolute Gasteiger partial charge is 0.497 e. The zero-order chi connectivity index (χ0) is 18.8. The number of benzene rings is 2. The summed E-state index contributed by atoms with van der Waals surface area (Å²) in [5.74, 6) is 1.13. The summed E-state index contributed by atoms with van der Waals surface area (Å²) in [6, 6.07) is 17.4. The number of methoxy groups -OCH3 is 2. The van der Waals surface area contributed by atoms with Crippen LogP contribution in [0.15, 0.2) is 54.6 Å². The SMILES string of the molecule is COCc1nn2c(N)c(-c3cccc(OC)c3)nnc2c1-c1ccccc1. The minimum Gasteiger partial charge on any atom is -0.497 e. The van der Waals surface area contributed by atoms with E-state index >= 15 is 0 Å². The molecule has 0 aliphatic carbocycles. The number of ether oxygens (including phenoxy) is 2. The minimum absolute atomic E-state index is 0.349. The maximum absolute atomic E-state index is 6.42. The molecule has 0 saturated heterocycles. The van der Waals surface area contributed by atoms with Crippen LogP contribution in [0.25, 0.3) is 28.0 Å². The third-order valence-corrected chi connectivity index (χ3v) is 4.34. The van der Waals surface area contributed by atoms with E-state index in [1.165, 1.54) is 0 Å². The van der Waals surface area contributed by atoms with Crippen molar-refractivity contribution in [3.63, 3.8) is 0 Å². The molecule has 2 heterocycles. The van der Waals surface area contributed by atoms with Crippen molar-refractivity contribution in [2.75, 3.05) is 20.0 Å². The van der Waals surface area contributed by atoms with E-state index < -0.39 is 0 Å². The number of rotatable bonds is 5. The number of nitrogen functional groups attached to an aromatic ring is 1. The van der Waals surface area contributed by atoms with Crippen LogP contribution >= 0.6 is 0 Å². The molecule has 136 valence electrons. The van der Waals surface area contributed by atoms with Gasteiger partial charge in [-0.3, -0.25) is 0 Å². The van der Waals surface area contributed by atoms with Crippen LogP contribution in [0.2, 0.25) is 0 Å². The van der Waals surface area contributed by atoms with E-state index in [9.17, 15) is 0 Å². The lowest BCUT2D eigenvalue weighted by Crippen LogP contribution is -2.06. The van der Waals surface area contributed by atoms with Gasteiger partial charge < -0.3 is 15.2 Å². The molecule has 0 aliphatic rings. The lowest BCUT2D eigenvalue weighted by molar-refractivity contribution is 0.181. The normalized spacial score (nSPS) is 11.0. The maximum atomic E-state index is 6.42. The van der Waals surface area contributed by atoms with Gasteiger partial charge in [-0.1, -0.05) is 42.5 Å². The van der Waals surface area contributed by atoms with Gasteiger partial charge in [-0.2, -0.15) is 9.61 Å². The predicted molar refractivity (Wildman–Crippen MR) is 103 cm³/mol. The monoisotopic (exact) mass is 361 g/mol. The highest BCUT2D eigenvalue weighted by molar-refractivity contribution is 5.82. The first-order chi connectivity index (χ1) is 13.2. The van der Waals surface area contributed by atoms with Gasteiger partial charge in [0.2, 0.25) is 0 Å². The second kappa shape index (κ2) is 7.05. The van der Waals surface area contributed by atoms with E-state index in [0.717, 1.165) is 28.1 Å². The summed E-state index contributed by atoms with van der Waals surface area (Å²) in [4.78, 5) is 0. The fourth-order valence-corrected chi connectivity index (χ4v) is 3.08. The fraction of sp³-hybridized carbons (Fsp3) is 0.150. The predicted octanol–water partition coefficient (Wildman–Crippen LogP) is 3.20. The minimum atomic E-state index is 0.349. The van der Waals surface area contributed by atoms with Crippen LogP contribution in [0.4, 0.5) is 5.82 Å². The highest BCUT2D eigenvalue weighted by Gasteiger charge is 2.20. The Morgan fingerprint density at radius 1 is 0.963 bits per heavy atom. The van der Waals surface area contributed by atoms with E-state index in [-0.39, 0.29) is 0 Å². The van der Waals surface area contributed by atoms with Crippen LogP contribution in [0.5, 0.6) is 5.75 Å². The maximum Gasteiger partial charge on any atom is 0.187 e. The van der Waals surface area contributed by atoms with Crippen LogP contribution in [0, 0.1) is 0 Å². The van der Waals surface area contributed by atoms with Crippen molar-refractivity contribution in [2.24, 2.45) is 0 Å². The molecule has 0 aliphatic heterocycles. The Morgan fingerprint density at radius 2 is 1.74 bits per heavy atom. The number of nitrogens with zero attached hydrogens (tertiary/aromatic N) is 4. The van der Waals surface area contributed by atoms with Crippen molar-refractivity contribution in [1.29, 1.82) is 0 Å². The first-order valence-corrected chi connectivity index (χ1v) is 8.45. The van der Waals surface area contributed by atoms with Gasteiger partial charge in [0.05, 0.1) is 25.0 Å². The molecule has 2 aromatic carbocycles. The molecule has 0 fully saturated rings. The lowest BCUT2D eigenvalue weighted by Gasteiger charge is -2.07. The molecule has 27 heavy (non-hydrogen) atoms. The van der Waals surface area contributed by atoms with E-state index in [2.05, 4.69) is 15.3 Å². The molecular weight excluding hydrogens is 342 g/mol. The van der Waals surface area contributed by atoms with Crippen LogP contribution in [0.1, 0.15) is 5.69 Å². The first kappa shape index (κ1) is 17.0. The summed E-state index contributed by atoms with van der Waals surface area (Å²) in [5, 5.41) is 13.4. The Bertz CT molecular complexity index is 1090. The lowest BCUT2D eigenvalue weighted by atomic mass is 10.1. The molecule has 2 aromatic heterocycles. The molecule has 7 heteroatoms. The molecule has 4 aromatic rings. The summed E-state index contributed by atoms with van der Waals surface area (Å²) < 4.78 is 12.2. The van der Waals surface area contributed by atoms with Gasteiger partial charge >= 0.3 is 0 Å². The summed E-state index contributed by atoms with van der Waals surface area (Å²) >= 11 is 0. The smallest absolute Gasteiger partial charge is 0.187 e. The van der Waals surface area contributed by atoms with E-state index in [4.69, 9.17) is 15.2 Å².